The predicted molar refractivity (Wildman–Crippen MR) is 113 cm³/mol. The number of guanidine groups is 1. The van der Waals surface area contributed by atoms with Crippen LogP contribution < -0.4 is 5.73 Å². The molecule has 25 heavy (non-hydrogen) atoms. The highest BCUT2D eigenvalue weighted by Gasteiger charge is 2.32. The molecule has 1 aromatic heterocycles. The maximum atomic E-state index is 6.28. The van der Waals surface area contributed by atoms with E-state index in [-0.39, 0.29) is 24.0 Å². The molecule has 0 saturated carbocycles. The Labute approximate surface area is 168 Å². The van der Waals surface area contributed by atoms with Gasteiger partial charge in [0.15, 0.2) is 5.96 Å². The highest BCUT2D eigenvalue weighted by Crippen LogP contribution is 2.34. The van der Waals surface area contributed by atoms with Gasteiger partial charge in [0.25, 0.3) is 0 Å². The van der Waals surface area contributed by atoms with E-state index in [0.717, 1.165) is 38.1 Å². The Morgan fingerprint density at radius 3 is 2.60 bits per heavy atom. The molecular formula is C18H33IN6. The van der Waals surface area contributed by atoms with Gasteiger partial charge in [-0.15, -0.1) is 24.0 Å². The molecule has 0 bridgehead atoms. The van der Waals surface area contributed by atoms with Gasteiger partial charge in [0.2, 0.25) is 0 Å². The SMILES string of the molecule is CC1CCN(C(N)=NC[C@@H]2CCCN(C)[C@H]2c2ccnn2C)CC1.I. The first-order valence-electron chi connectivity index (χ1n) is 9.29. The summed E-state index contributed by atoms with van der Waals surface area (Å²) in [7, 11) is 4.24. The van der Waals surface area contributed by atoms with Gasteiger partial charge in [0.1, 0.15) is 0 Å². The van der Waals surface area contributed by atoms with E-state index in [9.17, 15) is 0 Å². The molecule has 3 heterocycles. The van der Waals surface area contributed by atoms with Gasteiger partial charge in [-0.2, -0.15) is 5.10 Å². The van der Waals surface area contributed by atoms with Crippen molar-refractivity contribution in [3.8, 4) is 0 Å². The molecule has 0 spiro atoms. The Morgan fingerprint density at radius 1 is 1.24 bits per heavy atom. The third-order valence-corrected chi connectivity index (χ3v) is 5.76. The number of piperidine rings is 2. The fourth-order valence-electron chi connectivity index (χ4n) is 4.14. The minimum Gasteiger partial charge on any atom is -0.370 e. The number of aliphatic imine (C=N–C) groups is 1. The molecule has 2 atom stereocenters. The van der Waals surface area contributed by atoms with Crippen LogP contribution in [0.25, 0.3) is 0 Å². The van der Waals surface area contributed by atoms with Crippen molar-refractivity contribution in [2.24, 2.45) is 29.6 Å². The van der Waals surface area contributed by atoms with Crippen molar-refractivity contribution in [2.75, 3.05) is 33.2 Å². The molecule has 2 fully saturated rings. The van der Waals surface area contributed by atoms with E-state index in [0.29, 0.717) is 12.0 Å². The van der Waals surface area contributed by atoms with Crippen LogP contribution in [0.4, 0.5) is 0 Å². The van der Waals surface area contributed by atoms with Gasteiger partial charge in [-0.3, -0.25) is 14.6 Å². The monoisotopic (exact) mass is 460 g/mol. The summed E-state index contributed by atoms with van der Waals surface area (Å²) >= 11 is 0. The first-order chi connectivity index (χ1) is 11.6. The van der Waals surface area contributed by atoms with E-state index in [2.05, 4.69) is 34.9 Å². The van der Waals surface area contributed by atoms with Crippen LogP contribution in [0.2, 0.25) is 0 Å². The topological polar surface area (TPSA) is 62.7 Å². The van der Waals surface area contributed by atoms with Crippen LogP contribution in [0, 0.1) is 11.8 Å². The summed E-state index contributed by atoms with van der Waals surface area (Å²) in [6.07, 6.45) is 6.77. The van der Waals surface area contributed by atoms with Crippen molar-refractivity contribution >= 4 is 29.9 Å². The minimum absolute atomic E-state index is 0. The molecule has 2 aliphatic heterocycles. The molecule has 0 aromatic carbocycles. The number of nitrogens with two attached hydrogens (primary N) is 1. The van der Waals surface area contributed by atoms with E-state index < -0.39 is 0 Å². The van der Waals surface area contributed by atoms with E-state index in [1.54, 1.807) is 0 Å². The number of nitrogens with zero attached hydrogens (tertiary/aromatic N) is 5. The molecule has 0 radical (unpaired) electrons. The smallest absolute Gasteiger partial charge is 0.191 e. The van der Waals surface area contributed by atoms with Gasteiger partial charge in [-0.05, 0) is 57.2 Å². The number of hydrogen-bond donors (Lipinski definition) is 1. The van der Waals surface area contributed by atoms with Crippen molar-refractivity contribution in [2.45, 2.75) is 38.6 Å². The molecule has 0 unspecified atom stereocenters. The largest absolute Gasteiger partial charge is 0.370 e. The summed E-state index contributed by atoms with van der Waals surface area (Å²) in [6, 6.07) is 2.52. The zero-order valence-corrected chi connectivity index (χ0v) is 18.1. The maximum Gasteiger partial charge on any atom is 0.191 e. The molecule has 7 heteroatoms. The lowest BCUT2D eigenvalue weighted by Gasteiger charge is -2.39. The van der Waals surface area contributed by atoms with Gasteiger partial charge in [-0.25, -0.2) is 0 Å². The van der Waals surface area contributed by atoms with Crippen molar-refractivity contribution in [3.05, 3.63) is 18.0 Å². The zero-order chi connectivity index (χ0) is 17.1. The summed E-state index contributed by atoms with van der Waals surface area (Å²) < 4.78 is 2.00. The first kappa shape index (κ1) is 20.5. The fraction of sp³-hybridized carbons (Fsp3) is 0.778. The second-order valence-corrected chi connectivity index (χ2v) is 7.58. The van der Waals surface area contributed by atoms with Crippen LogP contribution in [0.1, 0.15) is 44.3 Å². The van der Waals surface area contributed by atoms with Gasteiger partial charge in [0.05, 0.1) is 11.7 Å². The molecule has 142 valence electrons. The maximum absolute atomic E-state index is 6.28. The molecule has 2 aliphatic rings. The van der Waals surface area contributed by atoms with Gasteiger partial charge in [-0.1, -0.05) is 6.92 Å². The first-order valence-corrected chi connectivity index (χ1v) is 9.29. The van der Waals surface area contributed by atoms with Crippen molar-refractivity contribution in [1.29, 1.82) is 0 Å². The lowest BCUT2D eigenvalue weighted by Crippen LogP contribution is -2.43. The standard InChI is InChI=1S/C18H32N6.HI/c1-14-7-11-24(12-8-14)18(19)20-13-15-5-4-10-22(2)17(15)16-6-9-21-23(16)3;/h6,9,14-15,17H,4-5,7-8,10-13H2,1-3H3,(H2,19,20);1H/t15-,17+;/m0./s1. The molecule has 2 N–H and O–H groups in total. The number of hydrogen-bond acceptors (Lipinski definition) is 3. The average molecular weight is 460 g/mol. The number of aromatic nitrogens is 2. The number of rotatable bonds is 3. The van der Waals surface area contributed by atoms with E-state index in [4.69, 9.17) is 10.7 Å². The van der Waals surface area contributed by atoms with Crippen LogP contribution in [0.15, 0.2) is 17.3 Å². The quantitative estimate of drug-likeness (QED) is 0.428. The van der Waals surface area contributed by atoms with E-state index >= 15 is 0 Å². The Hall–Kier alpha value is -0.830. The highest BCUT2D eigenvalue weighted by molar-refractivity contribution is 14.0. The third-order valence-electron chi connectivity index (χ3n) is 5.76. The van der Waals surface area contributed by atoms with Crippen molar-refractivity contribution in [1.82, 2.24) is 19.6 Å². The second-order valence-electron chi connectivity index (χ2n) is 7.58. The molecule has 6 nitrogen and oxygen atoms in total. The Balaban J connectivity index is 0.00000225. The van der Waals surface area contributed by atoms with E-state index in [1.807, 2.05) is 17.9 Å². The van der Waals surface area contributed by atoms with Crippen molar-refractivity contribution in [3.63, 3.8) is 0 Å². The zero-order valence-electron chi connectivity index (χ0n) is 15.8. The number of halogens is 1. The van der Waals surface area contributed by atoms with E-state index in [1.165, 1.54) is 31.4 Å². The summed E-state index contributed by atoms with van der Waals surface area (Å²) in [4.78, 5) is 9.48. The molecular weight excluding hydrogens is 427 g/mol. The van der Waals surface area contributed by atoms with Crippen LogP contribution in [-0.2, 0) is 7.05 Å². The number of aryl methyl sites for hydroxylation is 1. The molecule has 2 saturated heterocycles. The summed E-state index contributed by atoms with van der Waals surface area (Å²) in [5.74, 6) is 2.05. The predicted octanol–water partition coefficient (Wildman–Crippen LogP) is 2.47. The molecule has 3 rings (SSSR count). The lowest BCUT2D eigenvalue weighted by atomic mass is 9.87. The van der Waals surface area contributed by atoms with Gasteiger partial charge in [0, 0.05) is 32.9 Å². The minimum atomic E-state index is 0. The Kier molecular flexibility index (Phi) is 7.54. The molecule has 0 aliphatic carbocycles. The molecule has 0 amide bonds. The summed E-state index contributed by atoms with van der Waals surface area (Å²) in [5.41, 5.74) is 7.56. The van der Waals surface area contributed by atoms with Crippen LogP contribution in [0.3, 0.4) is 0 Å². The molecule has 1 aromatic rings. The van der Waals surface area contributed by atoms with Crippen LogP contribution in [0.5, 0.6) is 0 Å². The van der Waals surface area contributed by atoms with Gasteiger partial charge < -0.3 is 10.6 Å². The van der Waals surface area contributed by atoms with Crippen LogP contribution in [-0.4, -0.2) is 58.8 Å². The Morgan fingerprint density at radius 2 is 1.96 bits per heavy atom. The second kappa shape index (κ2) is 9.21. The normalized spacial score (nSPS) is 26.5. The fourth-order valence-corrected chi connectivity index (χ4v) is 4.14. The Bertz CT molecular complexity index is 564. The third kappa shape index (κ3) is 4.87. The van der Waals surface area contributed by atoms with Crippen molar-refractivity contribution < 1.29 is 0 Å². The van der Waals surface area contributed by atoms with Crippen LogP contribution >= 0.6 is 24.0 Å². The van der Waals surface area contributed by atoms with Gasteiger partial charge >= 0.3 is 0 Å². The average Bonchev–Trinajstić information content (AvgIpc) is 2.99. The summed E-state index contributed by atoms with van der Waals surface area (Å²) in [5, 5.41) is 4.36. The summed E-state index contributed by atoms with van der Waals surface area (Å²) in [6.45, 7) is 6.35. The number of likely N-dealkylation sites (tertiary alicyclic amines) is 2. The highest BCUT2D eigenvalue weighted by atomic mass is 127. The lowest BCUT2D eigenvalue weighted by molar-refractivity contribution is 0.118.